The van der Waals surface area contributed by atoms with E-state index in [1.54, 1.807) is 12.3 Å². The maximum absolute atomic E-state index is 12.3. The maximum Gasteiger partial charge on any atom is 0.233 e. The Morgan fingerprint density at radius 3 is 2.72 bits per heavy atom. The van der Waals surface area contributed by atoms with Crippen molar-refractivity contribution < 1.29 is 9.21 Å². The van der Waals surface area contributed by atoms with Crippen LogP contribution in [0.3, 0.4) is 0 Å². The van der Waals surface area contributed by atoms with Gasteiger partial charge in [0.25, 0.3) is 0 Å². The Morgan fingerprint density at radius 2 is 2.04 bits per heavy atom. The van der Waals surface area contributed by atoms with E-state index in [2.05, 4.69) is 15.5 Å². The first-order valence-corrected chi connectivity index (χ1v) is 8.85. The topological polar surface area (TPSA) is 73.0 Å². The third kappa shape index (κ3) is 4.11. The zero-order valence-corrected chi connectivity index (χ0v) is 15.2. The third-order valence-corrected chi connectivity index (χ3v) is 4.95. The molecule has 3 rings (SSSR count). The number of aryl methyl sites for hydroxylation is 1. The quantitative estimate of drug-likeness (QED) is 0.687. The Bertz CT molecular complexity index is 841. The number of carbonyl (C=O) groups excluding carboxylic acids is 1. The molecule has 0 aliphatic rings. The van der Waals surface area contributed by atoms with Crippen molar-refractivity contribution in [3.63, 3.8) is 0 Å². The summed E-state index contributed by atoms with van der Waals surface area (Å²) in [5.74, 6) is 1.26. The summed E-state index contributed by atoms with van der Waals surface area (Å²) in [4.78, 5) is 12.3. The van der Waals surface area contributed by atoms with Crippen LogP contribution in [0.5, 0.6) is 0 Å². The van der Waals surface area contributed by atoms with Crippen molar-refractivity contribution in [2.75, 3.05) is 0 Å². The number of nitrogens with zero attached hydrogens (tertiary/aromatic N) is 3. The molecule has 0 aliphatic carbocycles. The normalized spacial score (nSPS) is 12.1. The lowest BCUT2D eigenvalue weighted by Gasteiger charge is -2.11. The lowest BCUT2D eigenvalue weighted by Crippen LogP contribution is -2.30. The van der Waals surface area contributed by atoms with Crippen molar-refractivity contribution in [3.8, 4) is 11.6 Å². The second kappa shape index (κ2) is 7.57. The zero-order chi connectivity index (χ0) is 17.8. The number of aromatic nitrogens is 3. The summed E-state index contributed by atoms with van der Waals surface area (Å²) in [6.07, 6.45) is 1.60. The van der Waals surface area contributed by atoms with Gasteiger partial charge in [-0.15, -0.1) is 10.2 Å². The molecular weight excluding hydrogens is 336 g/mol. The molecule has 25 heavy (non-hydrogen) atoms. The molecule has 2 aromatic heterocycles. The average Bonchev–Trinajstić information content (AvgIpc) is 3.24. The van der Waals surface area contributed by atoms with Gasteiger partial charge in [0, 0.05) is 13.6 Å². The molecule has 0 saturated heterocycles. The molecule has 1 N–H and O–H groups in total. The molecule has 130 valence electrons. The van der Waals surface area contributed by atoms with Gasteiger partial charge in [-0.05, 0) is 31.5 Å². The summed E-state index contributed by atoms with van der Waals surface area (Å²) in [5.41, 5.74) is 2.28. The van der Waals surface area contributed by atoms with E-state index in [0.29, 0.717) is 23.3 Å². The first kappa shape index (κ1) is 17.3. The van der Waals surface area contributed by atoms with Gasteiger partial charge in [-0.3, -0.25) is 4.79 Å². The molecule has 3 aromatic rings. The predicted molar refractivity (Wildman–Crippen MR) is 97.0 cm³/mol. The monoisotopic (exact) mass is 356 g/mol. The minimum Gasteiger partial charge on any atom is -0.461 e. The highest BCUT2D eigenvalue weighted by Crippen LogP contribution is 2.25. The highest BCUT2D eigenvalue weighted by atomic mass is 32.2. The van der Waals surface area contributed by atoms with Gasteiger partial charge < -0.3 is 14.3 Å². The summed E-state index contributed by atoms with van der Waals surface area (Å²) in [6.45, 7) is 4.41. The van der Waals surface area contributed by atoms with Crippen LogP contribution in [-0.2, 0) is 18.4 Å². The second-order valence-electron chi connectivity index (χ2n) is 5.81. The maximum atomic E-state index is 12.3. The molecule has 0 spiro atoms. The Morgan fingerprint density at radius 1 is 1.28 bits per heavy atom. The van der Waals surface area contributed by atoms with E-state index in [1.165, 1.54) is 17.3 Å². The van der Waals surface area contributed by atoms with Gasteiger partial charge in [-0.1, -0.05) is 41.6 Å². The van der Waals surface area contributed by atoms with Crippen molar-refractivity contribution in [1.82, 2.24) is 20.1 Å². The fraction of sp³-hybridized carbons (Fsp3) is 0.278. The molecule has 1 atom stereocenters. The van der Waals surface area contributed by atoms with E-state index in [4.69, 9.17) is 4.42 Å². The van der Waals surface area contributed by atoms with Crippen LogP contribution in [0.25, 0.3) is 11.6 Å². The zero-order valence-electron chi connectivity index (χ0n) is 14.4. The van der Waals surface area contributed by atoms with Crippen molar-refractivity contribution in [3.05, 3.63) is 53.8 Å². The Hall–Kier alpha value is -2.54. The van der Waals surface area contributed by atoms with Crippen LogP contribution in [0.2, 0.25) is 0 Å². The molecule has 1 amide bonds. The number of amides is 1. The molecule has 0 unspecified atom stereocenters. The highest BCUT2D eigenvalue weighted by molar-refractivity contribution is 8.00. The molecule has 1 aromatic carbocycles. The second-order valence-corrected chi connectivity index (χ2v) is 7.11. The summed E-state index contributed by atoms with van der Waals surface area (Å²) < 4.78 is 7.18. The fourth-order valence-electron chi connectivity index (χ4n) is 2.29. The molecule has 2 heterocycles. The van der Waals surface area contributed by atoms with Crippen LogP contribution in [0.1, 0.15) is 18.1 Å². The van der Waals surface area contributed by atoms with Crippen LogP contribution < -0.4 is 5.32 Å². The van der Waals surface area contributed by atoms with E-state index < -0.39 is 0 Å². The average molecular weight is 356 g/mol. The first-order chi connectivity index (χ1) is 12.0. The first-order valence-electron chi connectivity index (χ1n) is 7.98. The summed E-state index contributed by atoms with van der Waals surface area (Å²) >= 11 is 1.37. The summed E-state index contributed by atoms with van der Waals surface area (Å²) in [6, 6.07) is 11.7. The minimum atomic E-state index is -0.280. The SMILES string of the molecule is Cc1ccc(CNC(=O)[C@@H](C)Sc2nnc(-c3ccco3)n2C)cc1. The number of furan rings is 1. The number of hydrogen-bond acceptors (Lipinski definition) is 5. The Balaban J connectivity index is 1.59. The lowest BCUT2D eigenvalue weighted by atomic mass is 10.1. The molecule has 0 bridgehead atoms. The minimum absolute atomic E-state index is 0.0341. The van der Waals surface area contributed by atoms with Gasteiger partial charge in [-0.2, -0.15) is 0 Å². The Labute approximate surface area is 150 Å². The molecule has 0 radical (unpaired) electrons. The van der Waals surface area contributed by atoms with Crippen LogP contribution in [0.15, 0.2) is 52.2 Å². The van der Waals surface area contributed by atoms with Crippen molar-refractivity contribution in [2.24, 2.45) is 7.05 Å². The summed E-state index contributed by atoms with van der Waals surface area (Å²) in [5, 5.41) is 11.6. The van der Waals surface area contributed by atoms with E-state index in [0.717, 1.165) is 5.56 Å². The summed E-state index contributed by atoms with van der Waals surface area (Å²) in [7, 11) is 1.86. The number of benzene rings is 1. The van der Waals surface area contributed by atoms with Gasteiger partial charge in [0.05, 0.1) is 11.5 Å². The van der Waals surface area contributed by atoms with Gasteiger partial charge in [-0.25, -0.2) is 0 Å². The van der Waals surface area contributed by atoms with E-state index in [1.807, 2.05) is 55.8 Å². The molecule has 0 aliphatic heterocycles. The third-order valence-electron chi connectivity index (χ3n) is 3.82. The lowest BCUT2D eigenvalue weighted by molar-refractivity contribution is -0.120. The molecule has 6 nitrogen and oxygen atoms in total. The fourth-order valence-corrected chi connectivity index (χ4v) is 3.13. The molecule has 0 saturated carbocycles. The smallest absolute Gasteiger partial charge is 0.233 e. The standard InChI is InChI=1S/C18H20N4O2S/c1-12-6-8-14(9-7-12)11-19-17(23)13(2)25-18-21-20-16(22(18)3)15-5-4-10-24-15/h4-10,13H,11H2,1-3H3,(H,19,23)/t13-/m1/s1. The highest BCUT2D eigenvalue weighted by Gasteiger charge is 2.19. The molecular formula is C18H20N4O2S. The van der Waals surface area contributed by atoms with E-state index in [9.17, 15) is 4.79 Å². The largest absolute Gasteiger partial charge is 0.461 e. The molecule has 7 heteroatoms. The van der Waals surface area contributed by atoms with Gasteiger partial charge in [0.15, 0.2) is 16.7 Å². The van der Waals surface area contributed by atoms with Gasteiger partial charge >= 0.3 is 0 Å². The van der Waals surface area contributed by atoms with Crippen molar-refractivity contribution in [2.45, 2.75) is 30.8 Å². The van der Waals surface area contributed by atoms with E-state index in [-0.39, 0.29) is 11.2 Å². The van der Waals surface area contributed by atoms with Crippen LogP contribution >= 0.6 is 11.8 Å². The predicted octanol–water partition coefficient (Wildman–Crippen LogP) is 3.18. The number of hydrogen-bond donors (Lipinski definition) is 1. The van der Waals surface area contributed by atoms with Crippen LogP contribution in [0.4, 0.5) is 0 Å². The number of thioether (sulfide) groups is 1. The number of nitrogens with one attached hydrogen (secondary N) is 1. The number of rotatable bonds is 6. The van der Waals surface area contributed by atoms with Gasteiger partial charge in [0.2, 0.25) is 5.91 Å². The van der Waals surface area contributed by atoms with Gasteiger partial charge in [0.1, 0.15) is 0 Å². The Kier molecular flexibility index (Phi) is 5.23. The van der Waals surface area contributed by atoms with Crippen molar-refractivity contribution >= 4 is 17.7 Å². The molecule has 0 fully saturated rings. The van der Waals surface area contributed by atoms with Crippen LogP contribution in [-0.4, -0.2) is 25.9 Å². The number of carbonyl (C=O) groups is 1. The van der Waals surface area contributed by atoms with Crippen molar-refractivity contribution in [1.29, 1.82) is 0 Å². The van der Waals surface area contributed by atoms with Crippen LogP contribution in [0, 0.1) is 6.92 Å². The van der Waals surface area contributed by atoms with E-state index >= 15 is 0 Å².